The number of anilines is 1. The van der Waals surface area contributed by atoms with Crippen molar-refractivity contribution < 1.29 is 4.74 Å². The minimum Gasteiger partial charge on any atom is -0.382 e. The average Bonchev–Trinajstić information content (AvgIpc) is 3.09. The Morgan fingerprint density at radius 2 is 2.40 bits per heavy atom. The summed E-state index contributed by atoms with van der Waals surface area (Å²) >= 11 is 1.81. The van der Waals surface area contributed by atoms with Gasteiger partial charge in [0.15, 0.2) is 0 Å². The van der Waals surface area contributed by atoms with E-state index in [2.05, 4.69) is 39.3 Å². The molecule has 2 heterocycles. The Labute approximate surface area is 124 Å². The monoisotopic (exact) mass is 293 g/mol. The molecule has 0 spiro atoms. The Bertz CT molecular complexity index is 481. The Morgan fingerprint density at radius 1 is 1.50 bits per heavy atom. The quantitative estimate of drug-likeness (QED) is 0.718. The van der Waals surface area contributed by atoms with Gasteiger partial charge in [0.1, 0.15) is 0 Å². The first-order chi connectivity index (χ1) is 9.81. The second-order valence-corrected chi connectivity index (χ2v) is 5.80. The lowest BCUT2D eigenvalue weighted by molar-refractivity contribution is 0.147. The van der Waals surface area contributed by atoms with Crippen LogP contribution in [0.3, 0.4) is 0 Å². The van der Waals surface area contributed by atoms with Gasteiger partial charge in [0.2, 0.25) is 5.95 Å². The molecule has 0 aliphatic carbocycles. The lowest BCUT2D eigenvalue weighted by atomic mass is 10.2. The molecule has 2 aromatic rings. The van der Waals surface area contributed by atoms with E-state index in [0.717, 1.165) is 38.5 Å². The first kappa shape index (κ1) is 15.1. The van der Waals surface area contributed by atoms with Crippen molar-refractivity contribution in [2.45, 2.75) is 32.7 Å². The van der Waals surface area contributed by atoms with E-state index in [1.54, 1.807) is 0 Å². The summed E-state index contributed by atoms with van der Waals surface area (Å²) in [6.45, 7) is 6.73. The lowest BCUT2D eigenvalue weighted by Gasteiger charge is -2.16. The standard InChI is InChI=1S/C15H23N3OS/c1-3-19-10-5-7-16-15-17-8-9-18(15)13(2)12-14-6-4-11-20-14/h4,6,8-9,11,13H,3,5,7,10,12H2,1-2H3,(H,16,17). The second kappa shape index (κ2) is 8.07. The summed E-state index contributed by atoms with van der Waals surface area (Å²) in [6.07, 6.45) is 5.95. The van der Waals surface area contributed by atoms with Crippen LogP contribution < -0.4 is 5.32 Å². The van der Waals surface area contributed by atoms with Gasteiger partial charge in [0, 0.05) is 49.5 Å². The van der Waals surface area contributed by atoms with Crippen molar-refractivity contribution >= 4 is 17.3 Å². The summed E-state index contributed by atoms with van der Waals surface area (Å²) in [7, 11) is 0. The molecule has 1 N–H and O–H groups in total. The van der Waals surface area contributed by atoms with Gasteiger partial charge in [0.25, 0.3) is 0 Å². The van der Waals surface area contributed by atoms with Crippen LogP contribution in [0.2, 0.25) is 0 Å². The molecule has 0 fully saturated rings. The van der Waals surface area contributed by atoms with E-state index in [0.29, 0.717) is 6.04 Å². The van der Waals surface area contributed by atoms with E-state index < -0.39 is 0 Å². The number of nitrogens with one attached hydrogen (secondary N) is 1. The van der Waals surface area contributed by atoms with Gasteiger partial charge >= 0.3 is 0 Å². The Hall–Kier alpha value is -1.33. The predicted octanol–water partition coefficient (Wildman–Crippen LogP) is 3.59. The van der Waals surface area contributed by atoms with Crippen LogP contribution in [0.15, 0.2) is 29.9 Å². The summed E-state index contributed by atoms with van der Waals surface area (Å²) < 4.78 is 7.54. The third-order valence-corrected chi connectivity index (χ3v) is 4.07. The molecule has 1 atom stereocenters. The lowest BCUT2D eigenvalue weighted by Crippen LogP contribution is -2.14. The number of nitrogens with zero attached hydrogens (tertiary/aromatic N) is 2. The zero-order valence-electron chi connectivity index (χ0n) is 12.2. The van der Waals surface area contributed by atoms with Crippen LogP contribution >= 0.6 is 11.3 Å². The van der Waals surface area contributed by atoms with Gasteiger partial charge in [-0.3, -0.25) is 0 Å². The number of imidazole rings is 1. The van der Waals surface area contributed by atoms with Crippen molar-refractivity contribution in [1.82, 2.24) is 9.55 Å². The normalized spacial score (nSPS) is 12.5. The van der Waals surface area contributed by atoms with Crippen molar-refractivity contribution in [2.24, 2.45) is 0 Å². The SMILES string of the molecule is CCOCCCNc1nccn1C(C)Cc1cccs1. The van der Waals surface area contributed by atoms with Crippen molar-refractivity contribution in [2.75, 3.05) is 25.1 Å². The molecule has 0 amide bonds. The molecule has 4 nitrogen and oxygen atoms in total. The fourth-order valence-electron chi connectivity index (χ4n) is 2.14. The maximum Gasteiger partial charge on any atom is 0.203 e. The molecule has 110 valence electrons. The van der Waals surface area contributed by atoms with Crippen LogP contribution in [0.25, 0.3) is 0 Å². The van der Waals surface area contributed by atoms with Crippen LogP contribution in [0, 0.1) is 0 Å². The number of aromatic nitrogens is 2. The number of hydrogen-bond donors (Lipinski definition) is 1. The molecule has 1 unspecified atom stereocenters. The Kier molecular flexibility index (Phi) is 6.08. The van der Waals surface area contributed by atoms with Crippen LogP contribution in [-0.2, 0) is 11.2 Å². The van der Waals surface area contributed by atoms with Crippen molar-refractivity contribution in [3.63, 3.8) is 0 Å². The van der Waals surface area contributed by atoms with Gasteiger partial charge in [-0.05, 0) is 31.7 Å². The molecule has 0 aliphatic heterocycles. The summed E-state index contributed by atoms with van der Waals surface area (Å²) in [5.41, 5.74) is 0. The van der Waals surface area contributed by atoms with Crippen molar-refractivity contribution in [3.8, 4) is 0 Å². The number of thiophene rings is 1. The Morgan fingerprint density at radius 3 is 3.15 bits per heavy atom. The number of rotatable bonds is 9. The highest BCUT2D eigenvalue weighted by Crippen LogP contribution is 2.20. The third kappa shape index (κ3) is 4.35. The van der Waals surface area contributed by atoms with Gasteiger partial charge in [-0.15, -0.1) is 11.3 Å². The zero-order chi connectivity index (χ0) is 14.2. The minimum absolute atomic E-state index is 0.408. The van der Waals surface area contributed by atoms with Gasteiger partial charge in [0.05, 0.1) is 0 Å². The number of hydrogen-bond acceptors (Lipinski definition) is 4. The van der Waals surface area contributed by atoms with E-state index in [9.17, 15) is 0 Å². The van der Waals surface area contributed by atoms with E-state index in [-0.39, 0.29) is 0 Å². The van der Waals surface area contributed by atoms with Crippen LogP contribution in [0.1, 0.15) is 31.2 Å². The van der Waals surface area contributed by atoms with Crippen molar-refractivity contribution in [3.05, 3.63) is 34.8 Å². The Balaban J connectivity index is 1.84. The van der Waals surface area contributed by atoms with E-state index in [1.807, 2.05) is 30.7 Å². The third-order valence-electron chi connectivity index (χ3n) is 3.17. The van der Waals surface area contributed by atoms with Crippen molar-refractivity contribution in [1.29, 1.82) is 0 Å². The highest BCUT2D eigenvalue weighted by molar-refractivity contribution is 7.09. The van der Waals surface area contributed by atoms with E-state index >= 15 is 0 Å². The van der Waals surface area contributed by atoms with E-state index in [1.165, 1.54) is 4.88 Å². The molecule has 20 heavy (non-hydrogen) atoms. The average molecular weight is 293 g/mol. The van der Waals surface area contributed by atoms with Crippen LogP contribution in [0.4, 0.5) is 5.95 Å². The largest absolute Gasteiger partial charge is 0.382 e. The first-order valence-electron chi connectivity index (χ1n) is 7.18. The second-order valence-electron chi connectivity index (χ2n) is 4.77. The maximum atomic E-state index is 5.33. The van der Waals surface area contributed by atoms with Crippen LogP contribution in [0.5, 0.6) is 0 Å². The molecule has 0 aromatic carbocycles. The molecule has 2 rings (SSSR count). The highest BCUT2D eigenvalue weighted by atomic mass is 32.1. The first-order valence-corrected chi connectivity index (χ1v) is 8.06. The van der Waals surface area contributed by atoms with Gasteiger partial charge < -0.3 is 14.6 Å². The smallest absolute Gasteiger partial charge is 0.203 e. The molecule has 0 saturated carbocycles. The minimum atomic E-state index is 0.408. The molecule has 0 radical (unpaired) electrons. The molecule has 2 aromatic heterocycles. The number of ether oxygens (including phenoxy) is 1. The highest BCUT2D eigenvalue weighted by Gasteiger charge is 2.10. The molecular formula is C15H23N3OS. The summed E-state index contributed by atoms with van der Waals surface area (Å²) in [6, 6.07) is 4.70. The molecular weight excluding hydrogens is 270 g/mol. The van der Waals surface area contributed by atoms with Gasteiger partial charge in [-0.1, -0.05) is 6.07 Å². The zero-order valence-corrected chi connectivity index (χ0v) is 13.0. The van der Waals surface area contributed by atoms with E-state index in [4.69, 9.17) is 4.74 Å². The predicted molar refractivity (Wildman–Crippen MR) is 84.6 cm³/mol. The fourth-order valence-corrected chi connectivity index (χ4v) is 2.97. The topological polar surface area (TPSA) is 39.1 Å². The summed E-state index contributed by atoms with van der Waals surface area (Å²) in [5.74, 6) is 0.950. The van der Waals surface area contributed by atoms with Gasteiger partial charge in [-0.25, -0.2) is 4.98 Å². The molecule has 0 saturated heterocycles. The molecule has 0 bridgehead atoms. The van der Waals surface area contributed by atoms with Crippen LogP contribution in [-0.4, -0.2) is 29.3 Å². The molecule has 5 heteroatoms. The molecule has 0 aliphatic rings. The van der Waals surface area contributed by atoms with Gasteiger partial charge in [-0.2, -0.15) is 0 Å². The summed E-state index contributed by atoms with van der Waals surface area (Å²) in [4.78, 5) is 5.81. The maximum absolute atomic E-state index is 5.33. The summed E-state index contributed by atoms with van der Waals surface area (Å²) in [5, 5.41) is 5.52. The fraction of sp³-hybridized carbons (Fsp3) is 0.533.